The molecule has 1 aromatic carbocycles. The normalized spacial score (nSPS) is 14.0. The molecule has 0 amide bonds. The van der Waals surface area contributed by atoms with Gasteiger partial charge in [-0.25, -0.2) is 0 Å². The van der Waals surface area contributed by atoms with E-state index < -0.39 is 0 Å². The minimum atomic E-state index is 0.176. The lowest BCUT2D eigenvalue weighted by molar-refractivity contribution is 0.573. The highest BCUT2D eigenvalue weighted by atomic mass is 32.1. The van der Waals surface area contributed by atoms with Crippen LogP contribution in [0.15, 0.2) is 18.2 Å². The predicted octanol–water partition coefficient (Wildman–Crippen LogP) is 6.79. The third-order valence-electron chi connectivity index (χ3n) is 4.05. The standard InChI is InChI=1S/C20H30S/c1-18(2,3)13-10-15(19(4,5)6)14-12-17(20(7,8)9)21-16(14)11-13/h10-12H,1-9H3. The summed E-state index contributed by atoms with van der Waals surface area (Å²) in [7, 11) is 0. The van der Waals surface area contributed by atoms with E-state index in [1.54, 1.807) is 0 Å². The molecule has 0 nitrogen and oxygen atoms in total. The lowest BCUT2D eigenvalue weighted by atomic mass is 9.79. The van der Waals surface area contributed by atoms with Gasteiger partial charge in [0.2, 0.25) is 0 Å². The van der Waals surface area contributed by atoms with Crippen LogP contribution in [-0.2, 0) is 16.2 Å². The summed E-state index contributed by atoms with van der Waals surface area (Å²) in [6.07, 6.45) is 0. The van der Waals surface area contributed by atoms with Crippen molar-refractivity contribution in [3.8, 4) is 0 Å². The van der Waals surface area contributed by atoms with Gasteiger partial charge in [0.1, 0.15) is 0 Å². The van der Waals surface area contributed by atoms with Crippen LogP contribution in [-0.4, -0.2) is 0 Å². The van der Waals surface area contributed by atoms with Crippen LogP contribution in [0.2, 0.25) is 0 Å². The van der Waals surface area contributed by atoms with Gasteiger partial charge >= 0.3 is 0 Å². The Morgan fingerprint density at radius 1 is 0.667 bits per heavy atom. The maximum absolute atomic E-state index is 2.43. The van der Waals surface area contributed by atoms with Crippen molar-refractivity contribution in [2.45, 2.75) is 78.6 Å². The molecule has 1 heterocycles. The number of benzene rings is 1. The average Bonchev–Trinajstić information content (AvgIpc) is 2.67. The predicted molar refractivity (Wildman–Crippen MR) is 97.9 cm³/mol. The molecule has 116 valence electrons. The van der Waals surface area contributed by atoms with Gasteiger partial charge < -0.3 is 0 Å². The molecule has 0 aliphatic rings. The lowest BCUT2D eigenvalue weighted by Gasteiger charge is -2.25. The van der Waals surface area contributed by atoms with Crippen molar-refractivity contribution < 1.29 is 0 Å². The smallest absolute Gasteiger partial charge is 0.0351 e. The number of thiophene rings is 1. The van der Waals surface area contributed by atoms with Crippen LogP contribution in [0, 0.1) is 0 Å². The zero-order valence-electron chi connectivity index (χ0n) is 15.1. The fourth-order valence-corrected chi connectivity index (χ4v) is 3.75. The van der Waals surface area contributed by atoms with Crippen molar-refractivity contribution >= 4 is 21.4 Å². The van der Waals surface area contributed by atoms with Crippen LogP contribution in [0.25, 0.3) is 10.1 Å². The van der Waals surface area contributed by atoms with E-state index in [4.69, 9.17) is 0 Å². The number of fused-ring (bicyclic) bond motifs is 1. The van der Waals surface area contributed by atoms with Gasteiger partial charge in [0, 0.05) is 9.58 Å². The van der Waals surface area contributed by atoms with Gasteiger partial charge in [-0.2, -0.15) is 0 Å². The van der Waals surface area contributed by atoms with Crippen molar-refractivity contribution in [2.75, 3.05) is 0 Å². The maximum atomic E-state index is 2.43. The van der Waals surface area contributed by atoms with Crippen molar-refractivity contribution in [3.05, 3.63) is 34.2 Å². The Morgan fingerprint density at radius 2 is 1.24 bits per heavy atom. The van der Waals surface area contributed by atoms with E-state index in [0.717, 1.165) is 0 Å². The van der Waals surface area contributed by atoms with Crippen LogP contribution in [0.4, 0.5) is 0 Å². The topological polar surface area (TPSA) is 0 Å². The molecule has 0 fully saturated rings. The molecule has 0 N–H and O–H groups in total. The Morgan fingerprint density at radius 3 is 1.67 bits per heavy atom. The van der Waals surface area contributed by atoms with Crippen molar-refractivity contribution in [1.82, 2.24) is 0 Å². The van der Waals surface area contributed by atoms with Gasteiger partial charge in [0.05, 0.1) is 0 Å². The summed E-state index contributed by atoms with van der Waals surface area (Å²) in [5.41, 5.74) is 3.52. The van der Waals surface area contributed by atoms with E-state index in [0.29, 0.717) is 0 Å². The van der Waals surface area contributed by atoms with Crippen LogP contribution >= 0.6 is 11.3 Å². The van der Waals surface area contributed by atoms with Gasteiger partial charge in [0.25, 0.3) is 0 Å². The first-order chi connectivity index (χ1) is 9.30. The molecular weight excluding hydrogens is 272 g/mol. The van der Waals surface area contributed by atoms with Crippen LogP contribution in [0.1, 0.15) is 78.3 Å². The highest BCUT2D eigenvalue weighted by molar-refractivity contribution is 7.19. The zero-order chi connectivity index (χ0) is 16.2. The molecule has 0 saturated heterocycles. The van der Waals surface area contributed by atoms with Gasteiger partial charge in [0.15, 0.2) is 0 Å². The van der Waals surface area contributed by atoms with E-state index in [-0.39, 0.29) is 16.2 Å². The van der Waals surface area contributed by atoms with Crippen LogP contribution in [0.3, 0.4) is 0 Å². The van der Waals surface area contributed by atoms with Gasteiger partial charge in [-0.1, -0.05) is 68.4 Å². The third-order valence-corrected chi connectivity index (χ3v) is 5.56. The summed E-state index contributed by atoms with van der Waals surface area (Å²) in [5, 5.41) is 1.45. The summed E-state index contributed by atoms with van der Waals surface area (Å²) in [6, 6.07) is 7.26. The fraction of sp³-hybridized carbons (Fsp3) is 0.600. The van der Waals surface area contributed by atoms with E-state index in [1.807, 2.05) is 11.3 Å². The second-order valence-electron chi connectivity index (χ2n) is 9.30. The third kappa shape index (κ3) is 3.34. The summed E-state index contributed by atoms with van der Waals surface area (Å²) in [5.74, 6) is 0. The Kier molecular flexibility index (Phi) is 3.82. The minimum absolute atomic E-state index is 0.176. The molecule has 0 saturated carbocycles. The highest BCUT2D eigenvalue weighted by Gasteiger charge is 2.25. The fourth-order valence-electron chi connectivity index (χ4n) is 2.56. The van der Waals surface area contributed by atoms with E-state index >= 15 is 0 Å². The summed E-state index contributed by atoms with van der Waals surface area (Å²) in [4.78, 5) is 1.48. The number of rotatable bonds is 0. The quantitative estimate of drug-likeness (QED) is 0.502. The zero-order valence-corrected chi connectivity index (χ0v) is 16.0. The monoisotopic (exact) mass is 302 g/mol. The second kappa shape index (κ2) is 4.84. The molecule has 0 spiro atoms. The van der Waals surface area contributed by atoms with E-state index in [1.165, 1.54) is 26.1 Å². The van der Waals surface area contributed by atoms with Crippen LogP contribution in [0.5, 0.6) is 0 Å². The SMILES string of the molecule is CC(C)(C)c1cc(C(C)(C)C)c2cc(C(C)(C)C)sc2c1. The van der Waals surface area contributed by atoms with Gasteiger partial charge in [-0.05, 0) is 44.9 Å². The molecule has 0 atom stereocenters. The first kappa shape index (κ1) is 16.5. The van der Waals surface area contributed by atoms with Crippen molar-refractivity contribution in [1.29, 1.82) is 0 Å². The molecular formula is C20H30S. The average molecular weight is 303 g/mol. The Hall–Kier alpha value is -0.820. The van der Waals surface area contributed by atoms with Crippen LogP contribution < -0.4 is 0 Å². The molecule has 21 heavy (non-hydrogen) atoms. The molecule has 2 rings (SSSR count). The lowest BCUT2D eigenvalue weighted by Crippen LogP contribution is -2.16. The highest BCUT2D eigenvalue weighted by Crippen LogP contribution is 2.41. The molecule has 0 bridgehead atoms. The van der Waals surface area contributed by atoms with E-state index in [9.17, 15) is 0 Å². The Labute approximate surface area is 134 Å². The minimum Gasteiger partial charge on any atom is -0.140 e. The summed E-state index contributed by atoms with van der Waals surface area (Å²) >= 11 is 1.96. The number of hydrogen-bond acceptors (Lipinski definition) is 1. The molecule has 0 radical (unpaired) electrons. The first-order valence-electron chi connectivity index (χ1n) is 7.89. The Bertz CT molecular complexity index is 652. The first-order valence-corrected chi connectivity index (χ1v) is 8.71. The van der Waals surface area contributed by atoms with Crippen molar-refractivity contribution in [2.24, 2.45) is 0 Å². The molecule has 1 aromatic heterocycles. The Balaban J connectivity index is 2.81. The second-order valence-corrected chi connectivity index (χ2v) is 10.4. The molecule has 0 aliphatic carbocycles. The largest absolute Gasteiger partial charge is 0.140 e. The molecule has 1 heteroatoms. The summed E-state index contributed by atoms with van der Waals surface area (Å²) in [6.45, 7) is 20.8. The van der Waals surface area contributed by atoms with Gasteiger partial charge in [-0.15, -0.1) is 11.3 Å². The maximum Gasteiger partial charge on any atom is 0.0351 e. The molecule has 0 aliphatic heterocycles. The summed E-state index contributed by atoms with van der Waals surface area (Å²) < 4.78 is 1.44. The molecule has 2 aromatic rings. The number of hydrogen-bond donors (Lipinski definition) is 0. The van der Waals surface area contributed by atoms with Gasteiger partial charge in [-0.3, -0.25) is 0 Å². The van der Waals surface area contributed by atoms with Crippen molar-refractivity contribution in [3.63, 3.8) is 0 Å². The van der Waals surface area contributed by atoms with E-state index in [2.05, 4.69) is 80.5 Å². The molecule has 0 unspecified atom stereocenters.